The van der Waals surface area contributed by atoms with Gasteiger partial charge in [0.2, 0.25) is 0 Å². The number of ether oxygens (including phenoxy) is 1. The molecule has 0 rings (SSSR count). The van der Waals surface area contributed by atoms with Gasteiger partial charge in [0.25, 0.3) is 0 Å². The molecule has 136 valence electrons. The molecule has 0 radical (unpaired) electrons. The van der Waals surface area contributed by atoms with Crippen molar-refractivity contribution in [3.8, 4) is 0 Å². The molecule has 0 aliphatic rings. The summed E-state index contributed by atoms with van der Waals surface area (Å²) < 4.78 is 4.77. The molecule has 0 spiro atoms. The second kappa shape index (κ2) is 10.7. The van der Waals surface area contributed by atoms with E-state index in [1.165, 1.54) is 18.9 Å². The van der Waals surface area contributed by atoms with Crippen molar-refractivity contribution in [2.45, 2.75) is 37.4 Å². The zero-order valence-electron chi connectivity index (χ0n) is 13.4. The maximum absolute atomic E-state index is 11.2. The van der Waals surface area contributed by atoms with Gasteiger partial charge in [0.05, 0.1) is 12.7 Å². The maximum atomic E-state index is 11.2. The minimum atomic E-state index is -1.70. The Hall–Kier alpha value is -1.07. The first-order valence-electron chi connectivity index (χ1n) is 7.12. The molecule has 0 heterocycles. The Balaban J connectivity index is 4.24. The van der Waals surface area contributed by atoms with Gasteiger partial charge >= 0.3 is 5.97 Å². The highest BCUT2D eigenvalue weighted by Crippen LogP contribution is 2.07. The van der Waals surface area contributed by atoms with Crippen molar-refractivity contribution in [2.24, 2.45) is 0 Å². The summed E-state index contributed by atoms with van der Waals surface area (Å²) in [5.41, 5.74) is 0.209. The molecule has 0 aliphatic carbocycles. The van der Waals surface area contributed by atoms with Crippen LogP contribution in [0.4, 0.5) is 0 Å². The van der Waals surface area contributed by atoms with E-state index in [9.17, 15) is 30.3 Å². The third kappa shape index (κ3) is 8.37. The predicted molar refractivity (Wildman–Crippen MR) is 80.4 cm³/mol. The smallest absolute Gasteiger partial charge is 0.333 e. The van der Waals surface area contributed by atoms with Crippen LogP contribution in [0.5, 0.6) is 0 Å². The third-order valence-electron chi connectivity index (χ3n) is 3.10. The average molecular weight is 337 g/mol. The number of carbonyl (C=O) groups is 1. The number of hydrogen-bond donors (Lipinski definition) is 6. The Morgan fingerprint density at radius 1 is 1.09 bits per heavy atom. The lowest BCUT2D eigenvalue weighted by atomic mass is 10.0. The predicted octanol–water partition coefficient (Wildman–Crippen LogP) is -3.17. The number of rotatable bonds is 11. The van der Waals surface area contributed by atoms with Gasteiger partial charge < -0.3 is 40.3 Å². The van der Waals surface area contributed by atoms with E-state index < -0.39 is 43.1 Å². The van der Waals surface area contributed by atoms with Gasteiger partial charge in [-0.2, -0.15) is 0 Å². The summed E-state index contributed by atoms with van der Waals surface area (Å²) in [4.78, 5) is 12.6. The van der Waals surface area contributed by atoms with Gasteiger partial charge in [0.15, 0.2) is 0 Å². The summed E-state index contributed by atoms with van der Waals surface area (Å²) in [5, 5.41) is 56.6. The Morgan fingerprint density at radius 2 is 1.61 bits per heavy atom. The van der Waals surface area contributed by atoms with Crippen LogP contribution in [-0.2, 0) is 9.53 Å². The monoisotopic (exact) mass is 337 g/mol. The number of likely N-dealkylation sites (N-methyl/N-ethyl adjacent to an activating group) is 1. The molecule has 5 atom stereocenters. The SMILES string of the molecule is C=C(C)C(=O)OCC(O)CN(C)C[C@H](O)[C@@H](O)[C@H](O)[C@H](O)CO. The van der Waals surface area contributed by atoms with Crippen molar-refractivity contribution in [3.05, 3.63) is 12.2 Å². The molecule has 0 aromatic heterocycles. The van der Waals surface area contributed by atoms with Gasteiger partial charge in [-0.25, -0.2) is 4.79 Å². The molecular formula is C14H27NO8. The molecule has 0 saturated heterocycles. The molecule has 0 fully saturated rings. The molecule has 1 unspecified atom stereocenters. The van der Waals surface area contributed by atoms with E-state index in [0.717, 1.165) is 0 Å². The van der Waals surface area contributed by atoms with Crippen LogP contribution in [0.15, 0.2) is 12.2 Å². The summed E-state index contributed by atoms with van der Waals surface area (Å²) in [6, 6.07) is 0. The first kappa shape index (κ1) is 21.9. The molecular weight excluding hydrogens is 310 g/mol. The van der Waals surface area contributed by atoms with Gasteiger partial charge in [0, 0.05) is 18.7 Å². The lowest BCUT2D eigenvalue weighted by Crippen LogP contribution is -2.50. The molecule has 9 heteroatoms. The Labute approximate surface area is 135 Å². The van der Waals surface area contributed by atoms with Gasteiger partial charge in [0.1, 0.15) is 31.0 Å². The summed E-state index contributed by atoms with van der Waals surface area (Å²) in [7, 11) is 1.54. The molecule has 0 aromatic carbocycles. The first-order chi connectivity index (χ1) is 10.6. The topological polar surface area (TPSA) is 151 Å². The van der Waals surface area contributed by atoms with E-state index in [-0.39, 0.29) is 25.3 Å². The van der Waals surface area contributed by atoms with Gasteiger partial charge in [-0.1, -0.05) is 6.58 Å². The lowest BCUT2D eigenvalue weighted by molar-refractivity contribution is -0.142. The number of nitrogens with zero attached hydrogens (tertiary/aromatic N) is 1. The largest absolute Gasteiger partial charge is 0.460 e. The van der Waals surface area contributed by atoms with Crippen LogP contribution in [0.2, 0.25) is 0 Å². The Morgan fingerprint density at radius 3 is 2.09 bits per heavy atom. The molecule has 0 bridgehead atoms. The van der Waals surface area contributed by atoms with Crippen LogP contribution in [0.3, 0.4) is 0 Å². The molecule has 0 aliphatic heterocycles. The van der Waals surface area contributed by atoms with E-state index >= 15 is 0 Å². The fraction of sp³-hybridized carbons (Fsp3) is 0.786. The van der Waals surface area contributed by atoms with Crippen LogP contribution in [0.25, 0.3) is 0 Å². The second-order valence-electron chi connectivity index (χ2n) is 5.55. The van der Waals surface area contributed by atoms with Crippen LogP contribution in [-0.4, -0.2) is 105 Å². The highest BCUT2D eigenvalue weighted by molar-refractivity contribution is 5.86. The molecule has 0 amide bonds. The zero-order chi connectivity index (χ0) is 18.2. The zero-order valence-corrected chi connectivity index (χ0v) is 13.4. The molecule has 0 aromatic rings. The molecule has 9 nitrogen and oxygen atoms in total. The fourth-order valence-electron chi connectivity index (χ4n) is 1.77. The number of aliphatic hydroxyl groups is 6. The van der Waals surface area contributed by atoms with Gasteiger partial charge in [-0.15, -0.1) is 0 Å². The fourth-order valence-corrected chi connectivity index (χ4v) is 1.77. The minimum absolute atomic E-state index is 0.0336. The minimum Gasteiger partial charge on any atom is -0.460 e. The van der Waals surface area contributed by atoms with E-state index in [0.29, 0.717) is 0 Å². The summed E-state index contributed by atoms with van der Waals surface area (Å²) in [5.74, 6) is -0.622. The molecule has 6 N–H and O–H groups in total. The standard InChI is InChI=1S/C14H27NO8/c1-8(2)14(22)23-7-9(17)4-15(3)5-10(18)12(20)13(21)11(19)6-16/h9-13,16-21H,1,4-7H2,2-3H3/t9?,10-,11+,12+,13+/m0/s1. The van der Waals surface area contributed by atoms with E-state index in [4.69, 9.17) is 9.84 Å². The molecule has 23 heavy (non-hydrogen) atoms. The summed E-state index contributed by atoms with van der Waals surface area (Å²) in [6.07, 6.45) is -7.37. The number of hydrogen-bond acceptors (Lipinski definition) is 9. The second-order valence-corrected chi connectivity index (χ2v) is 5.55. The van der Waals surface area contributed by atoms with E-state index in [1.807, 2.05) is 0 Å². The first-order valence-corrected chi connectivity index (χ1v) is 7.12. The van der Waals surface area contributed by atoms with Crippen LogP contribution in [0, 0.1) is 0 Å². The van der Waals surface area contributed by atoms with Crippen molar-refractivity contribution in [1.29, 1.82) is 0 Å². The van der Waals surface area contributed by atoms with Gasteiger partial charge in [-0.3, -0.25) is 0 Å². The van der Waals surface area contributed by atoms with Crippen molar-refractivity contribution in [2.75, 3.05) is 33.4 Å². The normalized spacial score (nSPS) is 18.1. The highest BCUT2D eigenvalue weighted by atomic mass is 16.5. The van der Waals surface area contributed by atoms with Crippen LogP contribution >= 0.6 is 0 Å². The van der Waals surface area contributed by atoms with E-state index in [1.54, 1.807) is 0 Å². The Bertz CT molecular complexity index is 378. The van der Waals surface area contributed by atoms with Crippen molar-refractivity contribution < 1.29 is 40.2 Å². The number of carbonyl (C=O) groups excluding carboxylic acids is 1. The lowest BCUT2D eigenvalue weighted by Gasteiger charge is -2.29. The van der Waals surface area contributed by atoms with E-state index in [2.05, 4.69) is 6.58 Å². The number of aliphatic hydroxyl groups excluding tert-OH is 6. The Kier molecular flexibility index (Phi) is 10.2. The summed E-state index contributed by atoms with van der Waals surface area (Å²) in [6.45, 7) is 3.78. The third-order valence-corrected chi connectivity index (χ3v) is 3.10. The van der Waals surface area contributed by atoms with Gasteiger partial charge in [-0.05, 0) is 14.0 Å². The highest BCUT2D eigenvalue weighted by Gasteiger charge is 2.30. The number of esters is 1. The van der Waals surface area contributed by atoms with Crippen molar-refractivity contribution >= 4 is 5.97 Å². The van der Waals surface area contributed by atoms with Crippen LogP contribution < -0.4 is 0 Å². The molecule has 0 saturated carbocycles. The maximum Gasteiger partial charge on any atom is 0.333 e. The quantitative estimate of drug-likeness (QED) is 0.169. The summed E-state index contributed by atoms with van der Waals surface area (Å²) >= 11 is 0. The average Bonchev–Trinajstić information content (AvgIpc) is 2.49. The van der Waals surface area contributed by atoms with Crippen LogP contribution in [0.1, 0.15) is 6.92 Å². The van der Waals surface area contributed by atoms with Crippen molar-refractivity contribution in [1.82, 2.24) is 4.90 Å². The van der Waals surface area contributed by atoms with Crippen molar-refractivity contribution in [3.63, 3.8) is 0 Å².